The second kappa shape index (κ2) is 13.0. The number of para-hydroxylation sites is 2. The molecule has 12 rings (SSSR count). The Hall–Kier alpha value is -6.57. The first kappa shape index (κ1) is 32.7. The lowest BCUT2D eigenvalue weighted by Gasteiger charge is -2.32. The number of aliphatic imine (C=N–C) groups is 1. The van der Waals surface area contributed by atoms with Crippen molar-refractivity contribution in [3.8, 4) is 16.8 Å². The van der Waals surface area contributed by atoms with Gasteiger partial charge in [-0.3, -0.25) is 5.32 Å². The molecule has 0 amide bonds. The van der Waals surface area contributed by atoms with Gasteiger partial charge in [-0.1, -0.05) is 146 Å². The van der Waals surface area contributed by atoms with Crippen LogP contribution in [0.3, 0.4) is 0 Å². The van der Waals surface area contributed by atoms with Crippen molar-refractivity contribution in [1.82, 2.24) is 15.2 Å². The lowest BCUT2D eigenvalue weighted by molar-refractivity contribution is 0.409. The Labute approximate surface area is 337 Å². The molecule has 2 N–H and O–H groups in total. The largest absolute Gasteiger partial charge is 0.350 e. The quantitative estimate of drug-likeness (QED) is 0.183. The molecule has 0 bridgehead atoms. The molecule has 2 unspecified atom stereocenters. The van der Waals surface area contributed by atoms with E-state index in [1.165, 1.54) is 84.5 Å². The number of fused-ring (bicyclic) bond motifs is 9. The van der Waals surface area contributed by atoms with Crippen molar-refractivity contribution >= 4 is 90.7 Å². The van der Waals surface area contributed by atoms with Crippen molar-refractivity contribution in [2.75, 3.05) is 0 Å². The number of hydrogen-bond acceptors (Lipinski definition) is 5. The molecule has 0 spiro atoms. The summed E-state index contributed by atoms with van der Waals surface area (Å²) in [6.45, 7) is 0. The number of thiophene rings is 2. The van der Waals surface area contributed by atoms with Crippen LogP contribution in [0.5, 0.6) is 0 Å². The van der Waals surface area contributed by atoms with Gasteiger partial charge in [0.1, 0.15) is 18.2 Å². The van der Waals surface area contributed by atoms with Crippen molar-refractivity contribution < 1.29 is 0 Å². The summed E-state index contributed by atoms with van der Waals surface area (Å²) in [4.78, 5) is 5.28. The van der Waals surface area contributed by atoms with Crippen LogP contribution in [0.25, 0.3) is 79.0 Å². The minimum Gasteiger partial charge on any atom is -0.350 e. The Morgan fingerprint density at radius 3 is 1.67 bits per heavy atom. The van der Waals surface area contributed by atoms with Crippen molar-refractivity contribution in [3.63, 3.8) is 0 Å². The van der Waals surface area contributed by atoms with Crippen LogP contribution in [0.1, 0.15) is 29.0 Å². The van der Waals surface area contributed by atoms with Crippen molar-refractivity contribution in [2.45, 2.75) is 12.3 Å². The predicted octanol–water partition coefficient (Wildman–Crippen LogP) is 13.5. The normalized spacial score (nSPS) is 15.9. The van der Waals surface area contributed by atoms with E-state index in [2.05, 4.69) is 197 Å². The lowest BCUT2D eigenvalue weighted by Crippen LogP contribution is -2.44. The highest BCUT2D eigenvalue weighted by atomic mass is 32.1. The van der Waals surface area contributed by atoms with Crippen LogP contribution >= 0.6 is 22.7 Å². The number of hydrogen-bond donors (Lipinski definition) is 2. The summed E-state index contributed by atoms with van der Waals surface area (Å²) < 4.78 is 7.57. The molecule has 0 saturated carbocycles. The van der Waals surface area contributed by atoms with Crippen LogP contribution in [0.15, 0.2) is 187 Å². The Balaban J connectivity index is 0.954. The second-order valence-electron chi connectivity index (χ2n) is 14.8. The monoisotopic (exact) mass is 766 g/mol. The van der Waals surface area contributed by atoms with Gasteiger partial charge in [-0.05, 0) is 58.7 Å². The molecule has 0 aliphatic carbocycles. The molecule has 1 aliphatic heterocycles. The van der Waals surface area contributed by atoms with Crippen LogP contribution < -0.4 is 10.6 Å². The highest BCUT2D eigenvalue weighted by molar-refractivity contribution is 7.26. The lowest BCUT2D eigenvalue weighted by atomic mass is 10.0. The third kappa shape index (κ3) is 5.26. The number of benzene rings is 8. The maximum absolute atomic E-state index is 5.28. The van der Waals surface area contributed by atoms with E-state index in [-0.39, 0.29) is 12.3 Å². The first-order valence-electron chi connectivity index (χ1n) is 19.4. The molecular formula is C51H34N4S2. The van der Waals surface area contributed by atoms with Gasteiger partial charge in [0, 0.05) is 52.0 Å². The molecule has 11 aromatic rings. The zero-order chi connectivity index (χ0) is 37.5. The molecule has 8 aromatic carbocycles. The predicted molar refractivity (Wildman–Crippen MR) is 243 cm³/mol. The zero-order valence-corrected chi connectivity index (χ0v) is 32.3. The fourth-order valence-corrected chi connectivity index (χ4v) is 11.3. The van der Waals surface area contributed by atoms with Gasteiger partial charge < -0.3 is 9.88 Å². The van der Waals surface area contributed by atoms with Gasteiger partial charge >= 0.3 is 0 Å². The van der Waals surface area contributed by atoms with Crippen molar-refractivity contribution in [1.29, 1.82) is 0 Å². The van der Waals surface area contributed by atoms with Gasteiger partial charge in [0.25, 0.3) is 0 Å². The summed E-state index contributed by atoms with van der Waals surface area (Å²) in [6, 6.07) is 66.0. The molecule has 3 aromatic heterocycles. The Morgan fingerprint density at radius 2 is 1.00 bits per heavy atom. The highest BCUT2D eigenvalue weighted by Crippen LogP contribution is 2.43. The van der Waals surface area contributed by atoms with Crippen LogP contribution in [-0.2, 0) is 0 Å². The summed E-state index contributed by atoms with van der Waals surface area (Å²) in [6.07, 6.45) is -0.257. The molecule has 0 fully saturated rings. The summed E-state index contributed by atoms with van der Waals surface area (Å²) in [5.41, 5.74) is 9.61. The summed E-state index contributed by atoms with van der Waals surface area (Å²) in [5, 5.41) is 15.2. The van der Waals surface area contributed by atoms with E-state index < -0.39 is 0 Å². The average Bonchev–Trinajstić information content (AvgIpc) is 3.96. The fourth-order valence-electron chi connectivity index (χ4n) is 8.80. The number of rotatable bonds is 5. The van der Waals surface area contributed by atoms with Crippen molar-refractivity contribution in [3.05, 3.63) is 199 Å². The summed E-state index contributed by atoms with van der Waals surface area (Å²) in [7, 11) is 0. The molecule has 2 atom stereocenters. The van der Waals surface area contributed by atoms with E-state index in [1.54, 1.807) is 0 Å². The minimum absolute atomic E-state index is 0.0815. The first-order chi connectivity index (χ1) is 28.2. The van der Waals surface area contributed by atoms with Crippen molar-refractivity contribution in [2.24, 2.45) is 4.99 Å². The molecule has 57 heavy (non-hydrogen) atoms. The maximum atomic E-state index is 5.28. The Morgan fingerprint density at radius 1 is 0.456 bits per heavy atom. The molecule has 1 aliphatic rings. The summed E-state index contributed by atoms with van der Waals surface area (Å²) >= 11 is 3.74. The van der Waals surface area contributed by atoms with Crippen LogP contribution in [0, 0.1) is 0 Å². The fraction of sp³-hybridized carbons (Fsp3) is 0.0392. The third-order valence-electron chi connectivity index (χ3n) is 11.5. The van der Waals surface area contributed by atoms with Gasteiger partial charge in [-0.15, -0.1) is 22.7 Å². The zero-order valence-electron chi connectivity index (χ0n) is 30.7. The average molecular weight is 767 g/mol. The van der Waals surface area contributed by atoms with E-state index in [0.717, 1.165) is 17.0 Å². The topological polar surface area (TPSA) is 41.4 Å². The standard InChI is InChI=1S/C51H34N4S2/c1-3-13-31(14-4-1)49-52-50(32-15-5-2-6-16-32)54-51(53-49)41-21-11-19-39-37-27-25-33(29-45(37)56-47(39)41)34-26-28-38-40-20-12-24-44(48(40)57-46(38)30-34)55-42-22-9-7-17-35(42)36-18-8-10-23-43(36)55/h1-30,49-50,52H,(H,53,54). The molecule has 0 saturated heterocycles. The summed E-state index contributed by atoms with van der Waals surface area (Å²) in [5.74, 6) is 0.907. The minimum atomic E-state index is -0.175. The third-order valence-corrected chi connectivity index (χ3v) is 13.9. The van der Waals surface area contributed by atoms with Gasteiger partial charge in [-0.2, -0.15) is 0 Å². The smallest absolute Gasteiger partial charge is 0.133 e. The van der Waals surface area contributed by atoms with E-state index in [4.69, 9.17) is 4.99 Å². The molecule has 6 heteroatoms. The van der Waals surface area contributed by atoms with E-state index in [0.29, 0.717) is 0 Å². The maximum Gasteiger partial charge on any atom is 0.133 e. The van der Waals surface area contributed by atoms with E-state index in [1.807, 2.05) is 22.7 Å². The second-order valence-corrected chi connectivity index (χ2v) is 16.9. The molecule has 270 valence electrons. The molecule has 0 radical (unpaired) electrons. The van der Waals surface area contributed by atoms with Crippen LogP contribution in [0.2, 0.25) is 0 Å². The van der Waals surface area contributed by atoms with Crippen LogP contribution in [-0.4, -0.2) is 10.4 Å². The van der Waals surface area contributed by atoms with Crippen LogP contribution in [0.4, 0.5) is 0 Å². The molecular weight excluding hydrogens is 733 g/mol. The first-order valence-corrected chi connectivity index (χ1v) is 21.0. The van der Waals surface area contributed by atoms with E-state index >= 15 is 0 Å². The molecule has 4 nitrogen and oxygen atoms in total. The van der Waals surface area contributed by atoms with Gasteiger partial charge in [0.2, 0.25) is 0 Å². The van der Waals surface area contributed by atoms with Gasteiger partial charge in [0.05, 0.1) is 21.4 Å². The Bertz CT molecular complexity index is 3320. The SMILES string of the molecule is c1ccc(C2N=C(c3cccc4c3sc3cc(-c5ccc6c(c5)sc5c(-n7c8ccccc8c8ccccc87)cccc56)ccc34)NC(c3ccccc3)N2)cc1. The highest BCUT2D eigenvalue weighted by Gasteiger charge is 2.27. The molecule has 4 heterocycles. The number of aromatic nitrogens is 1. The van der Waals surface area contributed by atoms with Gasteiger partial charge in [-0.25, -0.2) is 4.99 Å². The van der Waals surface area contributed by atoms with E-state index in [9.17, 15) is 0 Å². The Kier molecular flexibility index (Phi) is 7.45. The number of amidine groups is 1. The van der Waals surface area contributed by atoms with Gasteiger partial charge in [0.15, 0.2) is 0 Å². The number of nitrogens with zero attached hydrogens (tertiary/aromatic N) is 2. The number of nitrogens with one attached hydrogen (secondary N) is 2.